The monoisotopic (exact) mass is 487 g/mol. The number of sulfonamides is 1. The molecule has 2 amide bonds. The van der Waals surface area contributed by atoms with Crippen molar-refractivity contribution >= 4 is 27.1 Å². The third-order valence-electron chi connectivity index (χ3n) is 5.63. The molecule has 8 nitrogen and oxygen atoms in total. The lowest BCUT2D eigenvalue weighted by Gasteiger charge is -2.11. The summed E-state index contributed by atoms with van der Waals surface area (Å²) in [6.45, 7) is 4.14. The van der Waals surface area contributed by atoms with Gasteiger partial charge in [0.05, 0.1) is 21.5 Å². The normalized spacial score (nSPS) is 11.2. The van der Waals surface area contributed by atoms with Crippen LogP contribution in [-0.2, 0) is 22.9 Å². The van der Waals surface area contributed by atoms with Gasteiger partial charge in [0.25, 0.3) is 10.0 Å². The maximum atomic E-state index is 12.3. The van der Waals surface area contributed by atoms with Crippen molar-refractivity contribution in [2.24, 2.45) is 0 Å². The number of nitriles is 1. The van der Waals surface area contributed by atoms with Crippen LogP contribution in [-0.4, -0.2) is 30.5 Å². The van der Waals surface area contributed by atoms with Crippen LogP contribution in [0.1, 0.15) is 29.4 Å². The first-order valence-electron chi connectivity index (χ1n) is 11.2. The Morgan fingerprint density at radius 3 is 2.43 bits per heavy atom. The summed E-state index contributed by atoms with van der Waals surface area (Å²) in [4.78, 5) is 16.8. The second kappa shape index (κ2) is 9.99. The molecule has 4 aromatic rings. The molecule has 0 aliphatic heterocycles. The Bertz CT molecular complexity index is 1520. The first kappa shape index (κ1) is 24.0. The van der Waals surface area contributed by atoms with Crippen molar-refractivity contribution in [3.63, 3.8) is 0 Å². The lowest BCUT2D eigenvalue weighted by atomic mass is 10.1. The predicted molar refractivity (Wildman–Crippen MR) is 134 cm³/mol. The van der Waals surface area contributed by atoms with E-state index in [0.29, 0.717) is 18.4 Å². The molecule has 0 aliphatic rings. The Morgan fingerprint density at radius 1 is 1.06 bits per heavy atom. The Balaban J connectivity index is 1.41. The number of carbonyl (C=O) groups is 1. The Labute approximate surface area is 204 Å². The largest absolute Gasteiger partial charge is 0.337 e. The lowest BCUT2D eigenvalue weighted by Crippen LogP contribution is -2.40. The second-order valence-corrected chi connectivity index (χ2v) is 9.78. The standard InChI is InChI=1S/C26H25N5O3S/c1-3-24-29-23-6-4-5-20(17-27)25(23)31(24)21-11-9-19(10-12-21)15-16-28-26(32)30-35(33,34)22-13-7-18(2)8-14-22/h4-14H,3,15-16H2,1-2H3,(H2,28,30,32). The van der Waals surface area contributed by atoms with Gasteiger partial charge in [0.2, 0.25) is 0 Å². The highest BCUT2D eigenvalue weighted by molar-refractivity contribution is 7.90. The van der Waals surface area contributed by atoms with Gasteiger partial charge in [-0.3, -0.25) is 4.57 Å². The van der Waals surface area contributed by atoms with Crippen LogP contribution in [0.15, 0.2) is 71.6 Å². The highest BCUT2D eigenvalue weighted by atomic mass is 32.2. The summed E-state index contributed by atoms with van der Waals surface area (Å²) in [7, 11) is -3.93. The molecule has 3 aromatic carbocycles. The zero-order chi connectivity index (χ0) is 25.0. The molecule has 0 atom stereocenters. The van der Waals surface area contributed by atoms with Crippen molar-refractivity contribution in [3.8, 4) is 11.8 Å². The molecule has 178 valence electrons. The van der Waals surface area contributed by atoms with Gasteiger partial charge in [-0.1, -0.05) is 42.8 Å². The number of aryl methyl sites for hydroxylation is 2. The molecule has 0 unspecified atom stereocenters. The molecule has 0 bridgehead atoms. The summed E-state index contributed by atoms with van der Waals surface area (Å²) in [6, 6.07) is 21.0. The molecule has 9 heteroatoms. The smallest absolute Gasteiger partial charge is 0.328 e. The average Bonchev–Trinajstić information content (AvgIpc) is 3.23. The first-order valence-corrected chi connectivity index (χ1v) is 12.7. The number of hydrogen-bond acceptors (Lipinski definition) is 5. The topological polar surface area (TPSA) is 117 Å². The Kier molecular flexibility index (Phi) is 6.85. The number of nitrogens with one attached hydrogen (secondary N) is 2. The number of nitrogens with zero attached hydrogens (tertiary/aromatic N) is 3. The van der Waals surface area contributed by atoms with Crippen molar-refractivity contribution in [3.05, 3.63) is 89.2 Å². The molecule has 2 N–H and O–H groups in total. The van der Waals surface area contributed by atoms with Crippen molar-refractivity contribution in [2.45, 2.75) is 31.6 Å². The van der Waals surface area contributed by atoms with E-state index < -0.39 is 16.1 Å². The van der Waals surface area contributed by atoms with Gasteiger partial charge in [0.15, 0.2) is 0 Å². The number of hydrogen-bond donors (Lipinski definition) is 2. The minimum atomic E-state index is -3.93. The number of fused-ring (bicyclic) bond motifs is 1. The number of aromatic nitrogens is 2. The number of benzene rings is 3. The summed E-state index contributed by atoms with van der Waals surface area (Å²) in [6.07, 6.45) is 1.23. The quantitative estimate of drug-likeness (QED) is 0.409. The first-order chi connectivity index (χ1) is 16.8. The van der Waals surface area contributed by atoms with E-state index in [1.54, 1.807) is 18.2 Å². The molecule has 0 saturated heterocycles. The third-order valence-corrected chi connectivity index (χ3v) is 6.98. The summed E-state index contributed by atoms with van der Waals surface area (Å²) < 4.78 is 28.7. The molecule has 4 rings (SSSR count). The van der Waals surface area contributed by atoms with Crippen molar-refractivity contribution < 1.29 is 13.2 Å². The number of carbonyl (C=O) groups excluding carboxylic acids is 1. The molecule has 0 radical (unpaired) electrons. The SMILES string of the molecule is CCc1nc2cccc(C#N)c2n1-c1ccc(CCNC(=O)NS(=O)(=O)c2ccc(C)cc2)cc1. The zero-order valence-electron chi connectivity index (χ0n) is 19.4. The van der Waals surface area contributed by atoms with Gasteiger partial charge < -0.3 is 5.32 Å². The van der Waals surface area contributed by atoms with Crippen LogP contribution < -0.4 is 10.0 Å². The lowest BCUT2D eigenvalue weighted by molar-refractivity contribution is 0.246. The predicted octanol–water partition coefficient (Wildman–Crippen LogP) is 4.00. The molecular formula is C26H25N5O3S. The van der Waals surface area contributed by atoms with Crippen molar-refractivity contribution in [1.82, 2.24) is 19.6 Å². The van der Waals surface area contributed by atoms with Crippen LogP contribution in [0.2, 0.25) is 0 Å². The highest BCUT2D eigenvalue weighted by Crippen LogP contribution is 2.25. The minimum Gasteiger partial charge on any atom is -0.337 e. The van der Waals surface area contributed by atoms with Crippen LogP contribution in [0.25, 0.3) is 16.7 Å². The molecule has 0 fully saturated rings. The molecule has 1 heterocycles. The number of imidazole rings is 1. The van der Waals surface area contributed by atoms with E-state index in [1.165, 1.54) is 12.1 Å². The average molecular weight is 488 g/mol. The third kappa shape index (κ3) is 5.18. The molecule has 0 spiro atoms. The molecule has 0 aliphatic carbocycles. The fourth-order valence-electron chi connectivity index (χ4n) is 3.85. The Hall–Kier alpha value is -4.16. The maximum Gasteiger partial charge on any atom is 0.328 e. The van der Waals surface area contributed by atoms with E-state index in [1.807, 2.05) is 59.5 Å². The number of rotatable bonds is 7. The van der Waals surface area contributed by atoms with Gasteiger partial charge in [0.1, 0.15) is 11.9 Å². The van der Waals surface area contributed by atoms with Crippen molar-refractivity contribution in [2.75, 3.05) is 6.54 Å². The second-order valence-electron chi connectivity index (χ2n) is 8.09. The Morgan fingerprint density at radius 2 is 1.77 bits per heavy atom. The van der Waals surface area contributed by atoms with Crippen LogP contribution in [0.4, 0.5) is 4.79 Å². The fourth-order valence-corrected chi connectivity index (χ4v) is 4.78. The van der Waals surface area contributed by atoms with Gasteiger partial charge in [-0.25, -0.2) is 22.9 Å². The zero-order valence-corrected chi connectivity index (χ0v) is 20.3. The summed E-state index contributed by atoms with van der Waals surface area (Å²) in [5, 5.41) is 12.1. The fraction of sp³-hybridized carbons (Fsp3) is 0.192. The summed E-state index contributed by atoms with van der Waals surface area (Å²) in [5.74, 6) is 0.864. The van der Waals surface area contributed by atoms with Gasteiger partial charge >= 0.3 is 6.03 Å². The van der Waals surface area contributed by atoms with E-state index in [-0.39, 0.29) is 11.4 Å². The van der Waals surface area contributed by atoms with Gasteiger partial charge in [0, 0.05) is 18.7 Å². The number of amides is 2. The minimum absolute atomic E-state index is 0.0341. The van der Waals surface area contributed by atoms with Crippen LogP contribution in [0.3, 0.4) is 0 Å². The van der Waals surface area contributed by atoms with E-state index in [2.05, 4.69) is 16.4 Å². The van der Waals surface area contributed by atoms with E-state index >= 15 is 0 Å². The van der Waals surface area contributed by atoms with Crippen LogP contribution in [0, 0.1) is 18.3 Å². The van der Waals surface area contributed by atoms with Crippen molar-refractivity contribution in [1.29, 1.82) is 5.26 Å². The highest BCUT2D eigenvalue weighted by Gasteiger charge is 2.17. The van der Waals surface area contributed by atoms with Crippen LogP contribution in [0.5, 0.6) is 0 Å². The van der Waals surface area contributed by atoms with Gasteiger partial charge in [-0.15, -0.1) is 0 Å². The number of urea groups is 1. The summed E-state index contributed by atoms with van der Waals surface area (Å²) in [5.41, 5.74) is 4.92. The molecule has 0 saturated carbocycles. The van der Waals surface area contributed by atoms with Gasteiger partial charge in [-0.05, 0) is 55.3 Å². The van der Waals surface area contributed by atoms with E-state index in [4.69, 9.17) is 0 Å². The summed E-state index contributed by atoms with van der Waals surface area (Å²) >= 11 is 0. The van der Waals surface area contributed by atoms with Crippen LogP contribution >= 0.6 is 0 Å². The van der Waals surface area contributed by atoms with E-state index in [0.717, 1.165) is 33.7 Å². The molecule has 35 heavy (non-hydrogen) atoms. The molecule has 1 aromatic heterocycles. The number of para-hydroxylation sites is 1. The molecular weight excluding hydrogens is 462 g/mol. The van der Waals surface area contributed by atoms with E-state index in [9.17, 15) is 18.5 Å². The maximum absolute atomic E-state index is 12.3. The van der Waals surface area contributed by atoms with Gasteiger partial charge in [-0.2, -0.15) is 5.26 Å².